The van der Waals surface area contributed by atoms with Crippen molar-refractivity contribution >= 4 is 74.6 Å². The van der Waals surface area contributed by atoms with Gasteiger partial charge in [-0.05, 0) is 130 Å². The molecule has 0 nitrogen and oxygen atoms in total. The van der Waals surface area contributed by atoms with Gasteiger partial charge in [0.1, 0.15) is 0 Å². The fourth-order valence-electron chi connectivity index (χ4n) is 9.32. The average Bonchev–Trinajstić information content (AvgIpc) is 3.65. The summed E-state index contributed by atoms with van der Waals surface area (Å²) < 4.78 is 84.0. The van der Waals surface area contributed by atoms with Gasteiger partial charge in [0.05, 0.1) is 11.1 Å². The second kappa shape index (κ2) is 13.8. The highest BCUT2D eigenvalue weighted by atomic mass is 32.1. The Kier molecular flexibility index (Phi) is 8.38. The van der Waals surface area contributed by atoms with E-state index in [4.69, 9.17) is 0 Å². The summed E-state index contributed by atoms with van der Waals surface area (Å²) in [5, 5.41) is 9.95. The lowest BCUT2D eigenvalue weighted by molar-refractivity contribution is -0.138. The van der Waals surface area contributed by atoms with Crippen LogP contribution in [0.25, 0.3) is 108 Å². The van der Waals surface area contributed by atoms with Gasteiger partial charge in [-0.1, -0.05) is 140 Å². The van der Waals surface area contributed by atoms with Crippen LogP contribution in [0.4, 0.5) is 26.3 Å². The number of rotatable bonds is 4. The van der Waals surface area contributed by atoms with Gasteiger partial charge in [0.15, 0.2) is 0 Å². The van der Waals surface area contributed by atoms with Gasteiger partial charge in [-0.2, -0.15) is 26.3 Å². The molecule has 1 aromatic heterocycles. The fraction of sp³-hybridized carbons (Fsp3) is 0.0370. The number of hydrogen-bond acceptors (Lipinski definition) is 1. The number of hydrogen-bond donors (Lipinski definition) is 0. The van der Waals surface area contributed by atoms with E-state index >= 15 is 0 Å². The fourth-order valence-corrected chi connectivity index (χ4v) is 10.4. The lowest BCUT2D eigenvalue weighted by Gasteiger charge is -2.19. The zero-order valence-corrected chi connectivity index (χ0v) is 32.8. The molecule has 1 heterocycles. The predicted octanol–water partition coefficient (Wildman–Crippen LogP) is 17.4. The summed E-state index contributed by atoms with van der Waals surface area (Å²) in [5.41, 5.74) is 5.96. The highest BCUT2D eigenvalue weighted by Crippen LogP contribution is 2.50. The van der Waals surface area contributed by atoms with Crippen molar-refractivity contribution in [2.45, 2.75) is 12.4 Å². The van der Waals surface area contributed by atoms with Crippen molar-refractivity contribution in [3.8, 4) is 44.5 Å². The van der Waals surface area contributed by atoms with E-state index in [-0.39, 0.29) is 0 Å². The van der Waals surface area contributed by atoms with Crippen LogP contribution in [0.5, 0.6) is 0 Å². The average molecular weight is 825 g/mol. The molecule has 0 N–H and O–H groups in total. The monoisotopic (exact) mass is 824 g/mol. The molecule has 0 radical (unpaired) electrons. The van der Waals surface area contributed by atoms with Crippen LogP contribution in [0.1, 0.15) is 11.1 Å². The lowest BCUT2D eigenvalue weighted by Crippen LogP contribution is -2.04. The Morgan fingerprint density at radius 1 is 0.295 bits per heavy atom. The Hall–Kier alpha value is -6.96. The number of thiophene rings is 1. The highest BCUT2D eigenvalue weighted by Gasteiger charge is 2.31. The third kappa shape index (κ3) is 5.98. The van der Waals surface area contributed by atoms with Crippen LogP contribution in [0.15, 0.2) is 182 Å². The second-order valence-electron chi connectivity index (χ2n) is 15.3. The quantitative estimate of drug-likeness (QED) is 0.123. The maximum Gasteiger partial charge on any atom is 0.416 e. The minimum Gasteiger partial charge on any atom is -0.166 e. The molecule has 0 aliphatic heterocycles. The first kappa shape index (κ1) is 37.1. The third-order valence-electron chi connectivity index (χ3n) is 11.9. The molecule has 0 aliphatic carbocycles. The van der Waals surface area contributed by atoms with Crippen LogP contribution in [-0.4, -0.2) is 0 Å². The zero-order chi connectivity index (χ0) is 41.6. The number of fused-ring (bicyclic) bond motifs is 7. The molecule has 11 aromatic rings. The molecule has 0 aliphatic rings. The topological polar surface area (TPSA) is 0 Å². The molecule has 0 atom stereocenters. The van der Waals surface area contributed by atoms with E-state index in [1.54, 1.807) is 35.6 Å². The molecule has 294 valence electrons. The van der Waals surface area contributed by atoms with E-state index in [1.165, 1.54) is 0 Å². The minimum atomic E-state index is -4.44. The lowest BCUT2D eigenvalue weighted by atomic mass is 9.84. The standard InChI is InChI=1S/C54H30F6S/c55-53(56,57)34-25-20-31(21-26-34)48-36-10-1-3-12-38(36)50(39-13-4-2-11-37(39)48)33-24-29-46-45(30-33)52-44(18-9-19-47(52)61-46)51-42-16-7-5-14-40(42)49(41-15-6-8-17-43(41)51)32-22-27-35(28-23-32)54(58,59)60/h1-30H. The minimum absolute atomic E-state index is 0.687. The van der Waals surface area contributed by atoms with Crippen LogP contribution < -0.4 is 0 Å². The summed E-state index contributed by atoms with van der Waals surface area (Å²) in [6.07, 6.45) is -8.87. The van der Waals surface area contributed by atoms with E-state index in [0.717, 1.165) is 121 Å². The normalized spacial score (nSPS) is 12.4. The van der Waals surface area contributed by atoms with Crippen molar-refractivity contribution in [3.63, 3.8) is 0 Å². The summed E-state index contributed by atoms with van der Waals surface area (Å²) in [4.78, 5) is 0. The summed E-state index contributed by atoms with van der Waals surface area (Å²) in [7, 11) is 0. The maximum absolute atomic E-state index is 13.6. The molecule has 0 unspecified atom stereocenters. The first-order valence-electron chi connectivity index (χ1n) is 19.7. The van der Waals surface area contributed by atoms with Crippen molar-refractivity contribution in [1.29, 1.82) is 0 Å². The van der Waals surface area contributed by atoms with Crippen LogP contribution in [-0.2, 0) is 12.4 Å². The van der Waals surface area contributed by atoms with Crippen molar-refractivity contribution in [3.05, 3.63) is 193 Å². The third-order valence-corrected chi connectivity index (χ3v) is 13.1. The van der Waals surface area contributed by atoms with E-state index < -0.39 is 23.5 Å². The molecule has 61 heavy (non-hydrogen) atoms. The summed E-state index contributed by atoms with van der Waals surface area (Å²) in [5.74, 6) is 0. The van der Waals surface area contributed by atoms with Crippen LogP contribution in [0, 0.1) is 0 Å². The van der Waals surface area contributed by atoms with Crippen molar-refractivity contribution in [2.24, 2.45) is 0 Å². The van der Waals surface area contributed by atoms with Gasteiger partial charge in [-0.15, -0.1) is 11.3 Å². The maximum atomic E-state index is 13.6. The van der Waals surface area contributed by atoms with Gasteiger partial charge in [-0.25, -0.2) is 0 Å². The van der Waals surface area contributed by atoms with E-state index in [2.05, 4.69) is 60.7 Å². The van der Waals surface area contributed by atoms with Crippen LogP contribution >= 0.6 is 11.3 Å². The molecular formula is C54H30F6S. The molecule has 0 spiro atoms. The van der Waals surface area contributed by atoms with Crippen LogP contribution in [0.2, 0.25) is 0 Å². The molecule has 0 amide bonds. The van der Waals surface area contributed by atoms with Crippen molar-refractivity contribution < 1.29 is 26.3 Å². The largest absolute Gasteiger partial charge is 0.416 e. The number of halogens is 6. The van der Waals surface area contributed by atoms with Crippen molar-refractivity contribution in [1.82, 2.24) is 0 Å². The number of benzene rings is 10. The molecule has 0 saturated heterocycles. The van der Waals surface area contributed by atoms with E-state index in [0.29, 0.717) is 11.1 Å². The van der Waals surface area contributed by atoms with E-state index in [9.17, 15) is 26.3 Å². The first-order valence-corrected chi connectivity index (χ1v) is 20.5. The molecule has 11 rings (SSSR count). The number of alkyl halides is 6. The SMILES string of the molecule is FC(F)(F)c1ccc(-c2c3ccccc3c(-c3ccc4sc5cccc(-c6c7ccccc7c(-c7ccc(C(F)(F)F)cc7)c7ccccc67)c5c4c3)c3ccccc23)cc1. The Morgan fingerprint density at radius 3 is 1.05 bits per heavy atom. The van der Waals surface area contributed by atoms with Gasteiger partial charge in [0, 0.05) is 20.2 Å². The Bertz CT molecular complexity index is 3430. The molecule has 10 aromatic carbocycles. The Balaban J connectivity index is 1.16. The molecule has 0 bridgehead atoms. The van der Waals surface area contributed by atoms with Crippen molar-refractivity contribution in [2.75, 3.05) is 0 Å². The molecule has 0 fully saturated rings. The highest BCUT2D eigenvalue weighted by molar-refractivity contribution is 7.26. The molecule has 0 saturated carbocycles. The Morgan fingerprint density at radius 2 is 0.656 bits per heavy atom. The van der Waals surface area contributed by atoms with Gasteiger partial charge in [0.25, 0.3) is 0 Å². The molecular weight excluding hydrogens is 795 g/mol. The van der Waals surface area contributed by atoms with Gasteiger partial charge >= 0.3 is 12.4 Å². The van der Waals surface area contributed by atoms with E-state index in [1.807, 2.05) is 72.8 Å². The summed E-state index contributed by atoms with van der Waals surface area (Å²) in [6, 6.07) is 56.3. The van der Waals surface area contributed by atoms with Gasteiger partial charge in [-0.3, -0.25) is 0 Å². The smallest absolute Gasteiger partial charge is 0.166 e. The van der Waals surface area contributed by atoms with Gasteiger partial charge in [0.2, 0.25) is 0 Å². The summed E-state index contributed by atoms with van der Waals surface area (Å²) in [6.45, 7) is 0. The molecule has 7 heteroatoms. The second-order valence-corrected chi connectivity index (χ2v) is 16.4. The predicted molar refractivity (Wildman–Crippen MR) is 241 cm³/mol. The zero-order valence-electron chi connectivity index (χ0n) is 32.0. The summed E-state index contributed by atoms with van der Waals surface area (Å²) >= 11 is 1.73. The Labute approximate surface area is 349 Å². The van der Waals surface area contributed by atoms with Crippen LogP contribution in [0.3, 0.4) is 0 Å². The first-order chi connectivity index (χ1) is 29.5. The van der Waals surface area contributed by atoms with Gasteiger partial charge < -0.3 is 0 Å².